The van der Waals surface area contributed by atoms with Gasteiger partial charge in [0.05, 0.1) is 25.2 Å². The smallest absolute Gasteiger partial charge is 0.141 e. The van der Waals surface area contributed by atoms with Gasteiger partial charge in [0.1, 0.15) is 11.6 Å². The fourth-order valence-corrected chi connectivity index (χ4v) is 1.91. The molecule has 0 radical (unpaired) electrons. The summed E-state index contributed by atoms with van der Waals surface area (Å²) in [6, 6.07) is 4.07. The number of anilines is 1. The summed E-state index contributed by atoms with van der Waals surface area (Å²) in [5.74, 6) is 1.34. The van der Waals surface area contributed by atoms with Gasteiger partial charge in [-0.1, -0.05) is 0 Å². The van der Waals surface area contributed by atoms with E-state index in [4.69, 9.17) is 10.5 Å². The molecule has 0 saturated carbocycles. The Hall–Kier alpha value is -2.10. The molecule has 0 fully saturated rings. The lowest BCUT2D eigenvalue weighted by atomic mass is 10.0. The quantitative estimate of drug-likeness (QED) is 0.858. The van der Waals surface area contributed by atoms with Crippen LogP contribution >= 0.6 is 0 Å². The van der Waals surface area contributed by atoms with E-state index >= 15 is 0 Å². The zero-order valence-electron chi connectivity index (χ0n) is 10.2. The molecule has 4 nitrogen and oxygen atoms in total. The van der Waals surface area contributed by atoms with Crippen LogP contribution in [0.25, 0.3) is 11.3 Å². The lowest BCUT2D eigenvalue weighted by molar-refractivity contribution is 0.408. The molecule has 1 aromatic carbocycles. The maximum absolute atomic E-state index is 5.52. The minimum Gasteiger partial charge on any atom is -0.496 e. The molecule has 0 saturated heterocycles. The Bertz CT molecular complexity index is 512. The van der Waals surface area contributed by atoms with Gasteiger partial charge < -0.3 is 10.5 Å². The molecule has 1 aromatic heterocycles. The summed E-state index contributed by atoms with van der Waals surface area (Å²) in [7, 11) is 1.68. The van der Waals surface area contributed by atoms with Gasteiger partial charge in [0.25, 0.3) is 0 Å². The maximum Gasteiger partial charge on any atom is 0.141 e. The molecule has 88 valence electrons. The normalized spacial score (nSPS) is 10.3. The number of nitrogens with zero attached hydrogens (tertiary/aromatic N) is 2. The Labute approximate surface area is 100 Å². The average Bonchev–Trinajstić information content (AvgIpc) is 2.29. The first kappa shape index (κ1) is 11.4. The molecule has 0 bridgehead atoms. The van der Waals surface area contributed by atoms with Crippen molar-refractivity contribution in [1.82, 2.24) is 9.97 Å². The van der Waals surface area contributed by atoms with Crippen LogP contribution in [0.5, 0.6) is 5.75 Å². The fourth-order valence-electron chi connectivity index (χ4n) is 1.91. The number of ether oxygens (including phenoxy) is 1. The van der Waals surface area contributed by atoms with Crippen LogP contribution in [0, 0.1) is 13.8 Å². The van der Waals surface area contributed by atoms with Gasteiger partial charge in [0.15, 0.2) is 0 Å². The van der Waals surface area contributed by atoms with Crippen LogP contribution in [0.2, 0.25) is 0 Å². The van der Waals surface area contributed by atoms with E-state index in [2.05, 4.69) is 9.97 Å². The second-order valence-electron chi connectivity index (χ2n) is 3.97. The van der Waals surface area contributed by atoms with Crippen LogP contribution in [0.1, 0.15) is 11.1 Å². The maximum atomic E-state index is 5.52. The van der Waals surface area contributed by atoms with E-state index in [0.29, 0.717) is 5.82 Å². The van der Waals surface area contributed by atoms with E-state index in [1.165, 1.54) is 0 Å². The molecule has 0 aliphatic heterocycles. The van der Waals surface area contributed by atoms with Gasteiger partial charge >= 0.3 is 0 Å². The van der Waals surface area contributed by atoms with Gasteiger partial charge in [0.2, 0.25) is 0 Å². The SMILES string of the molecule is COc1c(C)cc(-c2cnc(N)cn2)cc1C. The van der Waals surface area contributed by atoms with E-state index in [1.54, 1.807) is 19.5 Å². The Morgan fingerprint density at radius 2 is 1.71 bits per heavy atom. The molecule has 0 atom stereocenters. The predicted octanol–water partition coefficient (Wildman–Crippen LogP) is 2.35. The number of aromatic nitrogens is 2. The van der Waals surface area contributed by atoms with Crippen molar-refractivity contribution in [3.8, 4) is 17.0 Å². The second kappa shape index (κ2) is 4.41. The zero-order valence-corrected chi connectivity index (χ0v) is 10.2. The van der Waals surface area contributed by atoms with E-state index in [9.17, 15) is 0 Å². The standard InChI is InChI=1S/C13H15N3O/c1-8-4-10(5-9(2)13(8)17-3)11-6-16-12(14)7-15-11/h4-7H,1-3H3,(H2,14,16). The average molecular weight is 229 g/mol. The lowest BCUT2D eigenvalue weighted by Gasteiger charge is -2.10. The van der Waals surface area contributed by atoms with E-state index < -0.39 is 0 Å². The van der Waals surface area contributed by atoms with Crippen LogP contribution in [-0.2, 0) is 0 Å². The molecule has 0 unspecified atom stereocenters. The molecule has 4 heteroatoms. The monoisotopic (exact) mass is 229 g/mol. The van der Waals surface area contributed by atoms with Gasteiger partial charge in [-0.25, -0.2) is 4.98 Å². The van der Waals surface area contributed by atoms with Crippen molar-refractivity contribution < 1.29 is 4.74 Å². The summed E-state index contributed by atoms with van der Waals surface area (Å²) in [6.45, 7) is 4.03. The molecule has 2 N–H and O–H groups in total. The highest BCUT2D eigenvalue weighted by Gasteiger charge is 2.07. The van der Waals surface area contributed by atoms with Gasteiger partial charge in [-0.15, -0.1) is 0 Å². The highest BCUT2D eigenvalue weighted by atomic mass is 16.5. The molecule has 0 aliphatic carbocycles. The third-order valence-electron chi connectivity index (χ3n) is 2.63. The van der Waals surface area contributed by atoms with E-state index in [1.807, 2.05) is 26.0 Å². The fraction of sp³-hybridized carbons (Fsp3) is 0.231. The summed E-state index contributed by atoms with van der Waals surface area (Å²) in [5.41, 5.74) is 9.52. The van der Waals surface area contributed by atoms with Crippen molar-refractivity contribution in [3.63, 3.8) is 0 Å². The topological polar surface area (TPSA) is 61.0 Å². The molecule has 17 heavy (non-hydrogen) atoms. The highest BCUT2D eigenvalue weighted by molar-refractivity contribution is 5.63. The first-order valence-electron chi connectivity index (χ1n) is 5.35. The molecule has 2 rings (SSSR count). The molecule has 0 spiro atoms. The molecule has 0 aliphatic rings. The lowest BCUT2D eigenvalue weighted by Crippen LogP contribution is -1.95. The summed E-state index contributed by atoms with van der Waals surface area (Å²) in [6.07, 6.45) is 3.24. The third kappa shape index (κ3) is 2.20. The molecule has 2 aromatic rings. The predicted molar refractivity (Wildman–Crippen MR) is 67.9 cm³/mol. The summed E-state index contributed by atoms with van der Waals surface area (Å²) < 4.78 is 5.33. The van der Waals surface area contributed by atoms with Gasteiger partial charge in [0, 0.05) is 5.56 Å². The van der Waals surface area contributed by atoms with Gasteiger partial charge in [-0.3, -0.25) is 4.98 Å². The summed E-state index contributed by atoms with van der Waals surface area (Å²) in [5, 5.41) is 0. The number of aryl methyl sites for hydroxylation is 2. The Morgan fingerprint density at radius 1 is 1.06 bits per heavy atom. The van der Waals surface area contributed by atoms with Crippen LogP contribution in [0.15, 0.2) is 24.5 Å². The third-order valence-corrected chi connectivity index (χ3v) is 2.63. The van der Waals surface area contributed by atoms with Gasteiger partial charge in [-0.2, -0.15) is 0 Å². The second-order valence-corrected chi connectivity index (χ2v) is 3.97. The van der Waals surface area contributed by atoms with Crippen LogP contribution < -0.4 is 10.5 Å². The molecular weight excluding hydrogens is 214 g/mol. The number of hydrogen-bond acceptors (Lipinski definition) is 4. The molecular formula is C13H15N3O. The number of nitrogen functional groups attached to an aromatic ring is 1. The first-order valence-corrected chi connectivity index (χ1v) is 5.35. The van der Waals surface area contributed by atoms with E-state index in [-0.39, 0.29) is 0 Å². The molecule has 1 heterocycles. The van der Waals surface area contributed by atoms with E-state index in [0.717, 1.165) is 28.1 Å². The molecule has 0 amide bonds. The van der Waals surface area contributed by atoms with Crippen molar-refractivity contribution in [2.45, 2.75) is 13.8 Å². The number of nitrogens with two attached hydrogens (primary N) is 1. The Kier molecular flexibility index (Phi) is 2.95. The van der Waals surface area contributed by atoms with Gasteiger partial charge in [-0.05, 0) is 37.1 Å². The van der Waals surface area contributed by atoms with Crippen molar-refractivity contribution in [3.05, 3.63) is 35.7 Å². The van der Waals surface area contributed by atoms with Crippen molar-refractivity contribution in [2.24, 2.45) is 0 Å². The Morgan fingerprint density at radius 3 is 2.18 bits per heavy atom. The number of rotatable bonds is 2. The Balaban J connectivity index is 2.50. The van der Waals surface area contributed by atoms with Crippen molar-refractivity contribution in [1.29, 1.82) is 0 Å². The van der Waals surface area contributed by atoms with Crippen molar-refractivity contribution >= 4 is 5.82 Å². The summed E-state index contributed by atoms with van der Waals surface area (Å²) in [4.78, 5) is 8.30. The van der Waals surface area contributed by atoms with Crippen LogP contribution in [-0.4, -0.2) is 17.1 Å². The number of hydrogen-bond donors (Lipinski definition) is 1. The highest BCUT2D eigenvalue weighted by Crippen LogP contribution is 2.28. The van der Waals surface area contributed by atoms with Crippen molar-refractivity contribution in [2.75, 3.05) is 12.8 Å². The summed E-state index contributed by atoms with van der Waals surface area (Å²) >= 11 is 0. The van der Waals surface area contributed by atoms with Crippen LogP contribution in [0.4, 0.5) is 5.82 Å². The minimum atomic E-state index is 0.427. The van der Waals surface area contributed by atoms with Crippen LogP contribution in [0.3, 0.4) is 0 Å². The largest absolute Gasteiger partial charge is 0.496 e. The zero-order chi connectivity index (χ0) is 12.4. The number of methoxy groups -OCH3 is 1. The number of benzene rings is 1. The first-order chi connectivity index (χ1) is 8.11. The minimum absolute atomic E-state index is 0.427.